The van der Waals surface area contributed by atoms with Gasteiger partial charge in [0.2, 0.25) is 0 Å². The topological polar surface area (TPSA) is 111 Å². The first-order valence-electron chi connectivity index (χ1n) is 8.75. The minimum Gasteiger partial charge on any atom is -0.384 e. The average molecular weight is 391 g/mol. The predicted molar refractivity (Wildman–Crippen MR) is 105 cm³/mol. The Kier molecular flexibility index (Phi) is 5.09. The van der Waals surface area contributed by atoms with Gasteiger partial charge in [0, 0.05) is 30.6 Å². The molecule has 2 aromatic rings. The third-order valence-corrected chi connectivity index (χ3v) is 7.03. The summed E-state index contributed by atoms with van der Waals surface area (Å²) in [7, 11) is -3.39. The van der Waals surface area contributed by atoms with E-state index < -0.39 is 14.6 Å². The van der Waals surface area contributed by atoms with Crippen molar-refractivity contribution in [2.24, 2.45) is 0 Å². The largest absolute Gasteiger partial charge is 0.384 e. The van der Waals surface area contributed by atoms with Crippen molar-refractivity contribution in [1.29, 1.82) is 0 Å². The number of hydrogen-bond donors (Lipinski definition) is 1. The summed E-state index contributed by atoms with van der Waals surface area (Å²) in [4.78, 5) is 15.5. The van der Waals surface area contributed by atoms with Crippen LogP contribution in [0.25, 0.3) is 11.4 Å². The molecule has 1 saturated heterocycles. The molecule has 0 aromatic carbocycles. The average Bonchev–Trinajstić information content (AvgIpc) is 2.61. The van der Waals surface area contributed by atoms with Gasteiger partial charge < -0.3 is 15.4 Å². The van der Waals surface area contributed by atoms with Crippen molar-refractivity contribution in [1.82, 2.24) is 15.0 Å². The molecule has 0 unspecified atom stereocenters. The lowest BCUT2D eigenvalue weighted by Crippen LogP contribution is -2.44. The van der Waals surface area contributed by atoms with E-state index in [0.29, 0.717) is 48.5 Å². The Labute approximate surface area is 159 Å². The zero-order chi connectivity index (χ0) is 19.8. The van der Waals surface area contributed by atoms with Gasteiger partial charge in [0.05, 0.1) is 24.9 Å². The standard InChI is InChI=1S/C18H25N5O3S/c1-12-11-26-8-7-23(12)16-9-14(18(2,3)27(4,24)25)21-17(22-16)13-5-6-15(19)20-10-13/h5-6,9-10,12H,7-8,11H2,1-4H3,(H2,19,20)/t12-/m0/s1. The van der Waals surface area contributed by atoms with Crippen LogP contribution in [0.1, 0.15) is 26.5 Å². The lowest BCUT2D eigenvalue weighted by molar-refractivity contribution is 0.0985. The fourth-order valence-corrected chi connectivity index (χ4v) is 3.30. The Morgan fingerprint density at radius 3 is 2.63 bits per heavy atom. The molecule has 8 nitrogen and oxygen atoms in total. The highest BCUT2D eigenvalue weighted by Crippen LogP contribution is 2.32. The molecule has 0 radical (unpaired) electrons. The molecule has 0 spiro atoms. The Balaban J connectivity index is 2.17. The van der Waals surface area contributed by atoms with Crippen LogP contribution < -0.4 is 10.6 Å². The summed E-state index contributed by atoms with van der Waals surface area (Å²) in [5.41, 5.74) is 6.80. The SMILES string of the molecule is C[C@H]1COCCN1c1cc(C(C)(C)S(C)(=O)=O)nc(-c2ccc(N)nc2)n1. The van der Waals surface area contributed by atoms with E-state index in [1.54, 1.807) is 38.2 Å². The number of ether oxygens (including phenoxy) is 1. The van der Waals surface area contributed by atoms with E-state index in [1.165, 1.54) is 6.26 Å². The molecule has 1 aliphatic rings. The minimum atomic E-state index is -3.39. The van der Waals surface area contributed by atoms with Gasteiger partial charge in [-0.2, -0.15) is 0 Å². The maximum Gasteiger partial charge on any atom is 0.163 e. The van der Waals surface area contributed by atoms with Crippen LogP contribution in [0.3, 0.4) is 0 Å². The van der Waals surface area contributed by atoms with Crippen LogP contribution in [0.4, 0.5) is 11.6 Å². The quantitative estimate of drug-likeness (QED) is 0.837. The molecule has 2 N–H and O–H groups in total. The molecular formula is C18H25N5O3S. The second-order valence-corrected chi connectivity index (χ2v) is 9.87. The monoisotopic (exact) mass is 391 g/mol. The zero-order valence-corrected chi connectivity index (χ0v) is 16.8. The summed E-state index contributed by atoms with van der Waals surface area (Å²) >= 11 is 0. The third-order valence-electron chi connectivity index (χ3n) is 4.96. The number of anilines is 2. The molecule has 3 heterocycles. The number of morpholine rings is 1. The number of nitrogens with zero attached hydrogens (tertiary/aromatic N) is 4. The van der Waals surface area contributed by atoms with Gasteiger partial charge in [0.25, 0.3) is 0 Å². The van der Waals surface area contributed by atoms with E-state index in [-0.39, 0.29) is 6.04 Å². The van der Waals surface area contributed by atoms with E-state index in [1.807, 2.05) is 6.92 Å². The van der Waals surface area contributed by atoms with E-state index in [4.69, 9.17) is 10.5 Å². The Bertz CT molecular complexity index is 929. The fraction of sp³-hybridized carbons (Fsp3) is 0.500. The van der Waals surface area contributed by atoms with Crippen molar-refractivity contribution >= 4 is 21.5 Å². The number of rotatable bonds is 4. The highest BCUT2D eigenvalue weighted by atomic mass is 32.2. The van der Waals surface area contributed by atoms with E-state index >= 15 is 0 Å². The summed E-state index contributed by atoms with van der Waals surface area (Å²) < 4.78 is 29.1. The first-order valence-corrected chi connectivity index (χ1v) is 10.6. The molecule has 0 amide bonds. The van der Waals surface area contributed by atoms with Gasteiger partial charge in [-0.05, 0) is 32.9 Å². The van der Waals surface area contributed by atoms with E-state index in [0.717, 1.165) is 0 Å². The second-order valence-electron chi connectivity index (χ2n) is 7.31. The van der Waals surface area contributed by atoms with Crippen LogP contribution in [0.5, 0.6) is 0 Å². The van der Waals surface area contributed by atoms with Crippen LogP contribution in [0.15, 0.2) is 24.4 Å². The predicted octanol–water partition coefficient (Wildman–Crippen LogP) is 1.63. The lowest BCUT2D eigenvalue weighted by Gasteiger charge is -2.35. The van der Waals surface area contributed by atoms with Crippen molar-refractivity contribution in [3.63, 3.8) is 0 Å². The molecule has 1 fully saturated rings. The Morgan fingerprint density at radius 1 is 1.30 bits per heavy atom. The number of nitrogen functional groups attached to an aromatic ring is 1. The van der Waals surface area contributed by atoms with Gasteiger partial charge in [-0.1, -0.05) is 0 Å². The van der Waals surface area contributed by atoms with Crippen molar-refractivity contribution in [2.75, 3.05) is 36.6 Å². The van der Waals surface area contributed by atoms with Crippen LogP contribution in [-0.4, -0.2) is 55.4 Å². The maximum atomic E-state index is 12.4. The Morgan fingerprint density at radius 2 is 2.04 bits per heavy atom. The van der Waals surface area contributed by atoms with Gasteiger partial charge in [0.1, 0.15) is 16.4 Å². The van der Waals surface area contributed by atoms with E-state index in [9.17, 15) is 8.42 Å². The summed E-state index contributed by atoms with van der Waals surface area (Å²) in [5.74, 6) is 1.50. The highest BCUT2D eigenvalue weighted by molar-refractivity contribution is 7.91. The summed E-state index contributed by atoms with van der Waals surface area (Å²) in [5, 5.41) is 0. The summed E-state index contributed by atoms with van der Waals surface area (Å²) in [6, 6.07) is 5.34. The molecule has 146 valence electrons. The highest BCUT2D eigenvalue weighted by Gasteiger charge is 2.35. The number of hydrogen-bond acceptors (Lipinski definition) is 8. The third kappa shape index (κ3) is 3.89. The summed E-state index contributed by atoms with van der Waals surface area (Å²) in [6.45, 7) is 7.22. The van der Waals surface area contributed by atoms with Crippen molar-refractivity contribution in [2.45, 2.75) is 31.6 Å². The van der Waals surface area contributed by atoms with Crippen LogP contribution in [0.2, 0.25) is 0 Å². The molecule has 1 aliphatic heterocycles. The molecular weight excluding hydrogens is 366 g/mol. The molecule has 2 aromatic heterocycles. The van der Waals surface area contributed by atoms with Crippen molar-refractivity contribution in [3.05, 3.63) is 30.1 Å². The van der Waals surface area contributed by atoms with E-state index in [2.05, 4.69) is 19.9 Å². The van der Waals surface area contributed by atoms with Crippen LogP contribution in [0, 0.1) is 0 Å². The molecule has 0 aliphatic carbocycles. The van der Waals surface area contributed by atoms with Gasteiger partial charge in [-0.15, -0.1) is 0 Å². The van der Waals surface area contributed by atoms with Gasteiger partial charge in [-0.3, -0.25) is 0 Å². The number of aromatic nitrogens is 3. The molecule has 9 heteroatoms. The van der Waals surface area contributed by atoms with Crippen LogP contribution >= 0.6 is 0 Å². The lowest BCUT2D eigenvalue weighted by atomic mass is 10.1. The van der Waals surface area contributed by atoms with Gasteiger partial charge in [0.15, 0.2) is 15.7 Å². The minimum absolute atomic E-state index is 0.125. The van der Waals surface area contributed by atoms with Crippen molar-refractivity contribution in [3.8, 4) is 11.4 Å². The van der Waals surface area contributed by atoms with Gasteiger partial charge >= 0.3 is 0 Å². The molecule has 0 bridgehead atoms. The zero-order valence-electron chi connectivity index (χ0n) is 16.0. The van der Waals surface area contributed by atoms with Crippen molar-refractivity contribution < 1.29 is 13.2 Å². The smallest absolute Gasteiger partial charge is 0.163 e. The Hall–Kier alpha value is -2.26. The molecule has 3 rings (SSSR count). The number of nitrogens with two attached hydrogens (primary N) is 1. The molecule has 27 heavy (non-hydrogen) atoms. The maximum absolute atomic E-state index is 12.4. The summed E-state index contributed by atoms with van der Waals surface area (Å²) in [6.07, 6.45) is 2.81. The normalized spacial score (nSPS) is 18.5. The van der Waals surface area contributed by atoms with Gasteiger partial charge in [-0.25, -0.2) is 23.4 Å². The van der Waals surface area contributed by atoms with Crippen LogP contribution in [-0.2, 0) is 19.3 Å². The fourth-order valence-electron chi connectivity index (χ4n) is 2.81. The first kappa shape index (κ1) is 19.5. The number of sulfone groups is 1. The second kappa shape index (κ2) is 7.05. The molecule has 1 atom stereocenters. The first-order chi connectivity index (χ1) is 12.6. The number of pyridine rings is 1. The molecule has 0 saturated carbocycles.